The van der Waals surface area contributed by atoms with Crippen LogP contribution in [0.2, 0.25) is 0 Å². The van der Waals surface area contributed by atoms with Gasteiger partial charge in [-0.3, -0.25) is 9.69 Å². The summed E-state index contributed by atoms with van der Waals surface area (Å²) >= 11 is 0. The average Bonchev–Trinajstić information content (AvgIpc) is 2.56. The molecule has 1 saturated carbocycles. The summed E-state index contributed by atoms with van der Waals surface area (Å²) in [6.45, 7) is 6.60. The van der Waals surface area contributed by atoms with E-state index in [0.29, 0.717) is 0 Å². The third kappa shape index (κ3) is 5.58. The van der Waals surface area contributed by atoms with Crippen LogP contribution in [0.15, 0.2) is 24.3 Å². The first-order valence-electron chi connectivity index (χ1n) is 8.93. The highest BCUT2D eigenvalue weighted by Crippen LogP contribution is 2.28. The lowest BCUT2D eigenvalue weighted by Gasteiger charge is -2.41. The standard InChI is InChI=1S/C19H29N3O.2ClH/c1-16-6-5-7-17(14-16)15-21-10-12-22(13-11-21)18(23)19(20)8-3-2-4-9-19;;/h5-7,14H,2-4,8-13,15,20H2,1H3;2*1H. The van der Waals surface area contributed by atoms with E-state index in [1.165, 1.54) is 17.5 Å². The number of piperazine rings is 1. The first-order valence-corrected chi connectivity index (χ1v) is 8.93. The summed E-state index contributed by atoms with van der Waals surface area (Å²) in [5.41, 5.74) is 8.48. The molecule has 1 amide bonds. The van der Waals surface area contributed by atoms with Crippen LogP contribution in [-0.4, -0.2) is 47.4 Å². The van der Waals surface area contributed by atoms with Gasteiger partial charge in [0.05, 0.1) is 5.54 Å². The van der Waals surface area contributed by atoms with E-state index in [2.05, 4.69) is 36.1 Å². The van der Waals surface area contributed by atoms with Crippen molar-refractivity contribution in [2.24, 2.45) is 5.73 Å². The highest BCUT2D eigenvalue weighted by atomic mass is 35.5. The van der Waals surface area contributed by atoms with Gasteiger partial charge in [0.25, 0.3) is 0 Å². The molecule has 2 aliphatic rings. The molecule has 2 N–H and O–H groups in total. The molecule has 0 aromatic heterocycles. The van der Waals surface area contributed by atoms with Gasteiger partial charge in [-0.05, 0) is 25.3 Å². The van der Waals surface area contributed by atoms with E-state index in [4.69, 9.17) is 5.73 Å². The van der Waals surface area contributed by atoms with E-state index < -0.39 is 5.54 Å². The molecule has 6 heteroatoms. The molecular weight excluding hydrogens is 357 g/mol. The Labute approximate surface area is 163 Å². The smallest absolute Gasteiger partial charge is 0.242 e. The third-order valence-corrected chi connectivity index (χ3v) is 5.32. The summed E-state index contributed by atoms with van der Waals surface area (Å²) in [4.78, 5) is 17.2. The summed E-state index contributed by atoms with van der Waals surface area (Å²) in [5, 5.41) is 0. The van der Waals surface area contributed by atoms with E-state index in [1.807, 2.05) is 4.90 Å². The van der Waals surface area contributed by atoms with Crippen molar-refractivity contribution < 1.29 is 4.79 Å². The lowest BCUT2D eigenvalue weighted by Crippen LogP contribution is -2.60. The van der Waals surface area contributed by atoms with E-state index in [0.717, 1.165) is 58.4 Å². The van der Waals surface area contributed by atoms with Gasteiger partial charge in [0.1, 0.15) is 0 Å². The number of nitrogens with zero attached hydrogens (tertiary/aromatic N) is 2. The molecule has 1 aromatic carbocycles. The number of hydrogen-bond acceptors (Lipinski definition) is 3. The molecule has 2 fully saturated rings. The molecule has 3 rings (SSSR count). The van der Waals surface area contributed by atoms with Gasteiger partial charge >= 0.3 is 0 Å². The summed E-state index contributed by atoms with van der Waals surface area (Å²) in [6.07, 6.45) is 5.12. The maximum Gasteiger partial charge on any atom is 0.242 e. The van der Waals surface area contributed by atoms with Crippen molar-refractivity contribution in [2.45, 2.75) is 51.1 Å². The minimum Gasteiger partial charge on any atom is -0.339 e. The zero-order valence-electron chi connectivity index (χ0n) is 15.1. The normalized spacial score (nSPS) is 20.3. The number of hydrogen-bond donors (Lipinski definition) is 1. The first-order chi connectivity index (χ1) is 11.1. The zero-order chi connectivity index (χ0) is 16.3. The van der Waals surface area contributed by atoms with Gasteiger partial charge in [0, 0.05) is 32.7 Å². The number of nitrogens with two attached hydrogens (primary N) is 1. The van der Waals surface area contributed by atoms with Gasteiger partial charge < -0.3 is 10.6 Å². The van der Waals surface area contributed by atoms with Gasteiger partial charge in [-0.2, -0.15) is 0 Å². The lowest BCUT2D eigenvalue weighted by atomic mass is 9.81. The van der Waals surface area contributed by atoms with Crippen LogP contribution >= 0.6 is 24.8 Å². The molecule has 0 radical (unpaired) electrons. The second kappa shape index (κ2) is 9.77. The quantitative estimate of drug-likeness (QED) is 0.866. The van der Waals surface area contributed by atoms with Crippen LogP contribution in [-0.2, 0) is 11.3 Å². The maximum atomic E-state index is 12.8. The fourth-order valence-corrected chi connectivity index (χ4v) is 3.89. The van der Waals surface area contributed by atoms with Gasteiger partial charge in [0.2, 0.25) is 5.91 Å². The minimum absolute atomic E-state index is 0. The topological polar surface area (TPSA) is 49.6 Å². The monoisotopic (exact) mass is 387 g/mol. The van der Waals surface area contributed by atoms with E-state index >= 15 is 0 Å². The van der Waals surface area contributed by atoms with Crippen LogP contribution in [0.4, 0.5) is 0 Å². The molecule has 1 aliphatic heterocycles. The molecule has 1 saturated heterocycles. The Morgan fingerprint density at radius 1 is 1.08 bits per heavy atom. The van der Waals surface area contributed by atoms with Gasteiger partial charge in [-0.1, -0.05) is 49.1 Å². The maximum absolute atomic E-state index is 12.8. The average molecular weight is 388 g/mol. The Morgan fingerprint density at radius 3 is 2.32 bits per heavy atom. The molecule has 1 aromatic rings. The van der Waals surface area contributed by atoms with Gasteiger partial charge in [-0.15, -0.1) is 24.8 Å². The fraction of sp³-hybridized carbons (Fsp3) is 0.632. The zero-order valence-corrected chi connectivity index (χ0v) is 16.7. The Bertz CT molecular complexity index is 553. The van der Waals surface area contributed by atoms with Crippen molar-refractivity contribution >= 4 is 30.7 Å². The molecular formula is C19H31Cl2N3O. The lowest BCUT2D eigenvalue weighted by molar-refractivity contribution is -0.140. The number of carbonyl (C=O) groups is 1. The van der Waals surface area contributed by atoms with E-state index in [1.54, 1.807) is 0 Å². The summed E-state index contributed by atoms with van der Waals surface area (Å²) in [7, 11) is 0. The summed E-state index contributed by atoms with van der Waals surface area (Å²) < 4.78 is 0. The molecule has 1 heterocycles. The van der Waals surface area contributed by atoms with Crippen molar-refractivity contribution in [2.75, 3.05) is 26.2 Å². The van der Waals surface area contributed by atoms with Crippen molar-refractivity contribution in [3.05, 3.63) is 35.4 Å². The van der Waals surface area contributed by atoms with Crippen LogP contribution < -0.4 is 5.73 Å². The predicted molar refractivity (Wildman–Crippen MR) is 108 cm³/mol. The molecule has 0 unspecified atom stereocenters. The van der Waals surface area contributed by atoms with Crippen LogP contribution in [0.1, 0.15) is 43.2 Å². The summed E-state index contributed by atoms with van der Waals surface area (Å²) in [5.74, 6) is 0.187. The van der Waals surface area contributed by atoms with E-state index in [9.17, 15) is 4.79 Å². The van der Waals surface area contributed by atoms with E-state index in [-0.39, 0.29) is 30.7 Å². The Hall–Kier alpha value is -0.810. The van der Waals surface area contributed by atoms with Crippen LogP contribution in [0.3, 0.4) is 0 Å². The van der Waals surface area contributed by atoms with Crippen molar-refractivity contribution in [3.8, 4) is 0 Å². The number of aryl methyl sites for hydroxylation is 1. The second-order valence-corrected chi connectivity index (χ2v) is 7.27. The predicted octanol–water partition coefficient (Wildman–Crippen LogP) is 3.14. The van der Waals surface area contributed by atoms with Crippen LogP contribution in [0.25, 0.3) is 0 Å². The molecule has 0 atom stereocenters. The van der Waals surface area contributed by atoms with Gasteiger partial charge in [-0.25, -0.2) is 0 Å². The number of carbonyl (C=O) groups excluding carboxylic acids is 1. The number of rotatable bonds is 3. The largest absolute Gasteiger partial charge is 0.339 e. The van der Waals surface area contributed by atoms with Crippen LogP contribution in [0.5, 0.6) is 0 Å². The number of halogens is 2. The second-order valence-electron chi connectivity index (χ2n) is 7.27. The first kappa shape index (κ1) is 22.2. The summed E-state index contributed by atoms with van der Waals surface area (Å²) in [6, 6.07) is 8.67. The van der Waals surface area contributed by atoms with Crippen molar-refractivity contribution in [1.82, 2.24) is 9.80 Å². The highest BCUT2D eigenvalue weighted by Gasteiger charge is 2.39. The van der Waals surface area contributed by atoms with Crippen molar-refractivity contribution in [3.63, 3.8) is 0 Å². The molecule has 0 bridgehead atoms. The number of benzene rings is 1. The fourth-order valence-electron chi connectivity index (χ4n) is 3.89. The minimum atomic E-state index is -0.586. The Balaban J connectivity index is 0.00000156. The molecule has 25 heavy (non-hydrogen) atoms. The van der Waals surface area contributed by atoms with Gasteiger partial charge in [0.15, 0.2) is 0 Å². The SMILES string of the molecule is Cc1cccc(CN2CCN(C(=O)C3(N)CCCCC3)CC2)c1.Cl.Cl. The molecule has 0 spiro atoms. The molecule has 4 nitrogen and oxygen atoms in total. The molecule has 1 aliphatic carbocycles. The van der Waals surface area contributed by atoms with Crippen molar-refractivity contribution in [1.29, 1.82) is 0 Å². The molecule has 142 valence electrons. The highest BCUT2D eigenvalue weighted by molar-refractivity contribution is 5.86. The van der Waals surface area contributed by atoms with Crippen LogP contribution in [0, 0.1) is 6.92 Å². The number of amides is 1. The Morgan fingerprint density at radius 2 is 1.72 bits per heavy atom. The third-order valence-electron chi connectivity index (χ3n) is 5.32. The Kier molecular flexibility index (Phi) is 8.69.